The van der Waals surface area contributed by atoms with Crippen molar-refractivity contribution in [2.24, 2.45) is 11.8 Å². The van der Waals surface area contributed by atoms with Crippen LogP contribution in [0.1, 0.15) is 48.8 Å². The second-order valence-electron chi connectivity index (χ2n) is 12.0. The fourth-order valence-corrected chi connectivity index (χ4v) is 8.23. The number of benzene rings is 2. The van der Waals surface area contributed by atoms with Crippen molar-refractivity contribution in [3.8, 4) is 0 Å². The van der Waals surface area contributed by atoms with Crippen LogP contribution >= 0.6 is 22.9 Å². The minimum Gasteiger partial charge on any atom is -0.374 e. The van der Waals surface area contributed by atoms with E-state index in [-0.39, 0.29) is 13.2 Å². The third kappa shape index (κ3) is 5.46. The Kier molecular flexibility index (Phi) is 7.97. The van der Waals surface area contributed by atoms with Gasteiger partial charge in [-0.1, -0.05) is 85.6 Å². The largest absolute Gasteiger partial charge is 0.374 e. The van der Waals surface area contributed by atoms with Crippen LogP contribution in [0.25, 0.3) is 10.2 Å². The Morgan fingerprint density at radius 2 is 1.71 bits per heavy atom. The average Bonchev–Trinajstić information content (AvgIpc) is 3.33. The SMILES string of the molecule is C[C@@H](c1csc2c(N3CC4CCCC4C3)cc(Cl)nc12)[C@@H](F)[C@]1(OCc2ccccc2)O[C@@H]1COCc1ccccc1. The number of halogens is 2. The van der Waals surface area contributed by atoms with Gasteiger partial charge in [0.15, 0.2) is 6.17 Å². The molecule has 3 fully saturated rings. The maximum Gasteiger partial charge on any atom is 0.231 e. The Morgan fingerprint density at radius 1 is 1.05 bits per heavy atom. The third-order valence-electron chi connectivity index (χ3n) is 9.29. The van der Waals surface area contributed by atoms with Gasteiger partial charge in [0.1, 0.15) is 11.3 Å². The number of anilines is 1. The summed E-state index contributed by atoms with van der Waals surface area (Å²) in [6, 6.07) is 21.7. The molecule has 0 radical (unpaired) electrons. The van der Waals surface area contributed by atoms with Crippen LogP contribution in [0.4, 0.5) is 10.1 Å². The molecule has 2 unspecified atom stereocenters. The van der Waals surface area contributed by atoms with Crippen LogP contribution in [-0.2, 0) is 27.4 Å². The van der Waals surface area contributed by atoms with E-state index in [1.807, 2.05) is 79.0 Å². The Balaban J connectivity index is 1.12. The molecule has 0 bridgehead atoms. The highest BCUT2D eigenvalue weighted by atomic mass is 35.5. The van der Waals surface area contributed by atoms with Gasteiger partial charge in [0.2, 0.25) is 5.79 Å². The number of aromatic nitrogens is 1. The molecule has 0 spiro atoms. The molecule has 3 aliphatic rings. The fourth-order valence-electron chi connectivity index (χ4n) is 6.89. The lowest BCUT2D eigenvalue weighted by atomic mass is 9.92. The fraction of sp³-hybridized carbons (Fsp3) is 0.441. The van der Waals surface area contributed by atoms with Crippen LogP contribution in [0, 0.1) is 11.8 Å². The molecule has 2 aliphatic heterocycles. The standard InChI is InChI=1S/C34H36ClFN2O3S/c1-22(27-21-42-32-28(15-30(35)37-31(27)32)38-16-25-13-8-14-26(25)17-38)33(36)34(40-19-24-11-6-3-7-12-24)29(41-34)20-39-18-23-9-4-2-5-10-23/h2-7,9-12,15,21-22,25-26,29,33H,8,13-14,16-20H2,1H3/t22-,25?,26?,29+,33+,34+/m0/s1. The van der Waals surface area contributed by atoms with Gasteiger partial charge in [-0.25, -0.2) is 9.37 Å². The highest BCUT2D eigenvalue weighted by Crippen LogP contribution is 2.50. The number of epoxide rings is 1. The van der Waals surface area contributed by atoms with Crippen molar-refractivity contribution in [1.29, 1.82) is 0 Å². The van der Waals surface area contributed by atoms with E-state index in [0.29, 0.717) is 11.8 Å². The maximum absolute atomic E-state index is 16.7. The predicted molar refractivity (Wildman–Crippen MR) is 166 cm³/mol. The van der Waals surface area contributed by atoms with Crippen molar-refractivity contribution in [2.75, 3.05) is 24.6 Å². The van der Waals surface area contributed by atoms with Crippen molar-refractivity contribution in [3.05, 3.63) is 94.0 Å². The molecule has 8 heteroatoms. The predicted octanol–water partition coefficient (Wildman–Crippen LogP) is 8.16. The van der Waals surface area contributed by atoms with Gasteiger partial charge in [-0.3, -0.25) is 0 Å². The molecule has 4 heterocycles. The van der Waals surface area contributed by atoms with Gasteiger partial charge in [-0.2, -0.15) is 0 Å². The first-order valence-corrected chi connectivity index (χ1v) is 16.2. The molecular weight excluding hydrogens is 571 g/mol. The third-order valence-corrected chi connectivity index (χ3v) is 10.5. The van der Waals surface area contributed by atoms with Crippen molar-refractivity contribution in [2.45, 2.75) is 63.4 Å². The lowest BCUT2D eigenvalue weighted by molar-refractivity contribution is -0.107. The molecule has 2 saturated heterocycles. The number of ether oxygens (including phenoxy) is 3. The summed E-state index contributed by atoms with van der Waals surface area (Å²) in [5, 5.41) is 2.49. The van der Waals surface area contributed by atoms with E-state index in [1.54, 1.807) is 11.3 Å². The molecule has 6 atom stereocenters. The smallest absolute Gasteiger partial charge is 0.231 e. The number of fused-ring (bicyclic) bond motifs is 2. The second kappa shape index (κ2) is 11.9. The zero-order valence-electron chi connectivity index (χ0n) is 23.8. The second-order valence-corrected chi connectivity index (χ2v) is 13.2. The quantitative estimate of drug-likeness (QED) is 0.127. The highest BCUT2D eigenvalue weighted by molar-refractivity contribution is 7.18. The van der Waals surface area contributed by atoms with Crippen LogP contribution in [0.15, 0.2) is 72.1 Å². The van der Waals surface area contributed by atoms with E-state index in [1.165, 1.54) is 19.3 Å². The van der Waals surface area contributed by atoms with Gasteiger partial charge in [-0.15, -0.1) is 11.3 Å². The molecule has 1 saturated carbocycles. The van der Waals surface area contributed by atoms with Crippen molar-refractivity contribution >= 4 is 38.8 Å². The zero-order valence-corrected chi connectivity index (χ0v) is 25.3. The molecular formula is C34H36ClFN2O3S. The van der Waals surface area contributed by atoms with Crippen LogP contribution in [-0.4, -0.2) is 42.7 Å². The van der Waals surface area contributed by atoms with Gasteiger partial charge < -0.3 is 19.1 Å². The molecule has 2 aromatic carbocycles. The summed E-state index contributed by atoms with van der Waals surface area (Å²) in [6.45, 7) is 4.94. The highest BCUT2D eigenvalue weighted by Gasteiger charge is 2.65. The van der Waals surface area contributed by atoms with Gasteiger partial charge in [0.05, 0.1) is 35.7 Å². The normalized spacial score (nSPS) is 26.5. The Bertz CT molecular complexity index is 1510. The van der Waals surface area contributed by atoms with Crippen LogP contribution in [0.2, 0.25) is 5.15 Å². The summed E-state index contributed by atoms with van der Waals surface area (Å²) in [7, 11) is 0. The van der Waals surface area contributed by atoms with Crippen LogP contribution in [0.3, 0.4) is 0 Å². The summed E-state index contributed by atoms with van der Waals surface area (Å²) < 4.78 is 36.1. The minimum atomic E-state index is -1.43. The first kappa shape index (κ1) is 28.2. The maximum atomic E-state index is 16.7. The molecule has 42 heavy (non-hydrogen) atoms. The molecule has 1 aliphatic carbocycles. The minimum absolute atomic E-state index is 0.243. The van der Waals surface area contributed by atoms with E-state index in [9.17, 15) is 0 Å². The Labute approximate surface area is 255 Å². The lowest BCUT2D eigenvalue weighted by Gasteiger charge is -2.24. The molecule has 2 aromatic heterocycles. The van der Waals surface area contributed by atoms with E-state index in [4.69, 9.17) is 30.8 Å². The number of rotatable bonds is 11. The van der Waals surface area contributed by atoms with Crippen molar-refractivity contribution in [1.82, 2.24) is 4.98 Å². The topological polar surface area (TPSA) is 47.1 Å². The molecule has 5 nitrogen and oxygen atoms in total. The average molecular weight is 607 g/mol. The van der Waals surface area contributed by atoms with E-state index < -0.39 is 24.0 Å². The number of pyridine rings is 1. The van der Waals surface area contributed by atoms with Gasteiger partial charge >= 0.3 is 0 Å². The Morgan fingerprint density at radius 3 is 2.40 bits per heavy atom. The van der Waals surface area contributed by atoms with E-state index in [0.717, 1.165) is 57.5 Å². The van der Waals surface area contributed by atoms with Gasteiger partial charge in [0, 0.05) is 25.1 Å². The summed E-state index contributed by atoms with van der Waals surface area (Å²) in [6.07, 6.45) is 2.01. The number of hydrogen-bond acceptors (Lipinski definition) is 6. The van der Waals surface area contributed by atoms with E-state index >= 15 is 4.39 Å². The number of thiophene rings is 1. The number of hydrogen-bond donors (Lipinski definition) is 0. The van der Waals surface area contributed by atoms with Crippen LogP contribution in [0.5, 0.6) is 0 Å². The van der Waals surface area contributed by atoms with Gasteiger partial charge in [0.25, 0.3) is 0 Å². The summed E-state index contributed by atoms with van der Waals surface area (Å²) >= 11 is 8.22. The Hall–Kier alpha value is -2.55. The van der Waals surface area contributed by atoms with Crippen molar-refractivity contribution < 1.29 is 18.6 Å². The molecule has 4 aromatic rings. The summed E-state index contributed by atoms with van der Waals surface area (Å²) in [4.78, 5) is 7.19. The van der Waals surface area contributed by atoms with Crippen molar-refractivity contribution in [3.63, 3.8) is 0 Å². The summed E-state index contributed by atoms with van der Waals surface area (Å²) in [5.74, 6) is -0.399. The first-order valence-electron chi connectivity index (χ1n) is 15.0. The molecule has 0 amide bonds. The molecule has 0 N–H and O–H groups in total. The van der Waals surface area contributed by atoms with Crippen LogP contribution < -0.4 is 4.90 Å². The number of nitrogens with zero attached hydrogens (tertiary/aromatic N) is 2. The number of alkyl halides is 1. The monoisotopic (exact) mass is 606 g/mol. The van der Waals surface area contributed by atoms with Gasteiger partial charge in [-0.05, 0) is 46.7 Å². The lowest BCUT2D eigenvalue weighted by Crippen LogP contribution is -2.37. The first-order chi connectivity index (χ1) is 20.5. The summed E-state index contributed by atoms with van der Waals surface area (Å²) in [5.41, 5.74) is 4.77. The molecule has 220 valence electrons. The van der Waals surface area contributed by atoms with E-state index in [2.05, 4.69) is 4.90 Å². The molecule has 7 rings (SSSR count). The zero-order chi connectivity index (χ0) is 28.7.